The molecule has 2 atom stereocenters. The quantitative estimate of drug-likeness (QED) is 0.854. The van der Waals surface area contributed by atoms with Crippen LogP contribution in [-0.2, 0) is 16.0 Å². The molecule has 3 rings (SSSR count). The predicted octanol–water partition coefficient (Wildman–Crippen LogP) is 1.82. The molecule has 1 aliphatic heterocycles. The summed E-state index contributed by atoms with van der Waals surface area (Å²) in [5, 5.41) is 0. The van der Waals surface area contributed by atoms with E-state index in [1.807, 2.05) is 34.1 Å². The minimum atomic E-state index is 0.0751. The van der Waals surface area contributed by atoms with Crippen molar-refractivity contribution in [3.05, 3.63) is 29.8 Å². The van der Waals surface area contributed by atoms with Gasteiger partial charge in [-0.1, -0.05) is 18.6 Å². The van der Waals surface area contributed by atoms with Crippen molar-refractivity contribution in [1.29, 1.82) is 0 Å². The highest BCUT2D eigenvalue weighted by molar-refractivity contribution is 5.80. The van der Waals surface area contributed by atoms with E-state index in [1.54, 1.807) is 7.11 Å². The van der Waals surface area contributed by atoms with Gasteiger partial charge in [0.1, 0.15) is 5.75 Å². The summed E-state index contributed by atoms with van der Waals surface area (Å²) in [6.07, 6.45) is 5.05. The molecule has 2 N–H and O–H groups in total. The molecular weight excluding hydrogens is 342 g/mol. The first-order valence-electron chi connectivity index (χ1n) is 10.0. The average Bonchev–Trinajstić information content (AvgIpc) is 2.72. The fourth-order valence-electron chi connectivity index (χ4n) is 4.09. The number of benzene rings is 1. The summed E-state index contributed by atoms with van der Waals surface area (Å²) in [5.74, 6) is 1.30. The molecule has 0 aromatic heterocycles. The molecule has 6 nitrogen and oxygen atoms in total. The third-order valence-corrected chi connectivity index (χ3v) is 5.79. The van der Waals surface area contributed by atoms with E-state index in [2.05, 4.69) is 0 Å². The van der Waals surface area contributed by atoms with Crippen LogP contribution < -0.4 is 10.5 Å². The zero-order chi connectivity index (χ0) is 19.2. The van der Waals surface area contributed by atoms with E-state index in [-0.39, 0.29) is 23.8 Å². The number of nitrogens with two attached hydrogens (primary N) is 1. The number of hydrogen-bond acceptors (Lipinski definition) is 4. The van der Waals surface area contributed by atoms with E-state index in [4.69, 9.17) is 10.5 Å². The molecule has 0 radical (unpaired) electrons. The summed E-state index contributed by atoms with van der Waals surface area (Å²) < 4.78 is 5.15. The van der Waals surface area contributed by atoms with Gasteiger partial charge in [0.2, 0.25) is 11.8 Å². The lowest BCUT2D eigenvalue weighted by molar-refractivity contribution is -0.143. The van der Waals surface area contributed by atoms with Crippen LogP contribution in [0.15, 0.2) is 24.3 Å². The van der Waals surface area contributed by atoms with Gasteiger partial charge in [-0.05, 0) is 43.4 Å². The third-order valence-electron chi connectivity index (χ3n) is 5.79. The minimum absolute atomic E-state index is 0.0751. The Labute approximate surface area is 161 Å². The first-order chi connectivity index (χ1) is 13.1. The molecule has 2 fully saturated rings. The van der Waals surface area contributed by atoms with Gasteiger partial charge in [-0.25, -0.2) is 0 Å². The number of rotatable bonds is 5. The number of methoxy groups -OCH3 is 1. The third kappa shape index (κ3) is 5.22. The molecule has 27 heavy (non-hydrogen) atoms. The topological polar surface area (TPSA) is 75.9 Å². The van der Waals surface area contributed by atoms with Crippen molar-refractivity contribution in [1.82, 2.24) is 9.80 Å². The van der Waals surface area contributed by atoms with Gasteiger partial charge in [0.25, 0.3) is 0 Å². The molecule has 2 amide bonds. The molecule has 0 bridgehead atoms. The number of amides is 2. The highest BCUT2D eigenvalue weighted by atomic mass is 16.5. The second-order valence-corrected chi connectivity index (χ2v) is 7.68. The lowest BCUT2D eigenvalue weighted by atomic mass is 9.85. The van der Waals surface area contributed by atoms with Crippen LogP contribution in [0.2, 0.25) is 0 Å². The lowest BCUT2D eigenvalue weighted by Crippen LogP contribution is -2.52. The zero-order valence-corrected chi connectivity index (χ0v) is 16.2. The van der Waals surface area contributed by atoms with Gasteiger partial charge in [0.05, 0.1) is 7.11 Å². The van der Waals surface area contributed by atoms with Crippen LogP contribution in [0.4, 0.5) is 0 Å². The Morgan fingerprint density at radius 3 is 2.37 bits per heavy atom. The smallest absolute Gasteiger partial charge is 0.225 e. The number of piperazine rings is 1. The monoisotopic (exact) mass is 373 g/mol. The maximum atomic E-state index is 12.7. The van der Waals surface area contributed by atoms with Crippen molar-refractivity contribution in [3.63, 3.8) is 0 Å². The van der Waals surface area contributed by atoms with Crippen LogP contribution in [0.25, 0.3) is 0 Å². The summed E-state index contributed by atoms with van der Waals surface area (Å²) in [6, 6.07) is 7.99. The summed E-state index contributed by atoms with van der Waals surface area (Å²) in [6.45, 7) is 2.54. The normalized spacial score (nSPS) is 23.2. The van der Waals surface area contributed by atoms with E-state index in [0.717, 1.165) is 43.4 Å². The van der Waals surface area contributed by atoms with Crippen molar-refractivity contribution in [2.75, 3.05) is 33.3 Å². The maximum Gasteiger partial charge on any atom is 0.225 e. The highest BCUT2D eigenvalue weighted by Crippen LogP contribution is 2.25. The number of aryl methyl sites for hydroxylation is 1. The number of ether oxygens (including phenoxy) is 1. The van der Waals surface area contributed by atoms with E-state index < -0.39 is 0 Å². The van der Waals surface area contributed by atoms with Gasteiger partial charge < -0.3 is 20.3 Å². The Morgan fingerprint density at radius 2 is 1.74 bits per heavy atom. The Bertz CT molecular complexity index is 639. The van der Waals surface area contributed by atoms with Crippen molar-refractivity contribution >= 4 is 11.8 Å². The molecule has 1 aromatic rings. The zero-order valence-electron chi connectivity index (χ0n) is 16.2. The second-order valence-electron chi connectivity index (χ2n) is 7.68. The molecule has 1 aromatic carbocycles. The summed E-state index contributed by atoms with van der Waals surface area (Å²) in [7, 11) is 1.64. The van der Waals surface area contributed by atoms with Crippen LogP contribution in [0, 0.1) is 5.92 Å². The minimum Gasteiger partial charge on any atom is -0.497 e. The van der Waals surface area contributed by atoms with Gasteiger partial charge >= 0.3 is 0 Å². The molecule has 1 saturated heterocycles. The van der Waals surface area contributed by atoms with Gasteiger partial charge in [0.15, 0.2) is 0 Å². The Hall–Kier alpha value is -2.08. The molecule has 1 aliphatic carbocycles. The lowest BCUT2D eigenvalue weighted by Gasteiger charge is -2.37. The molecule has 2 aliphatic rings. The van der Waals surface area contributed by atoms with Crippen molar-refractivity contribution in [2.45, 2.75) is 44.6 Å². The van der Waals surface area contributed by atoms with Gasteiger partial charge in [-0.3, -0.25) is 9.59 Å². The van der Waals surface area contributed by atoms with Crippen molar-refractivity contribution in [2.24, 2.45) is 11.7 Å². The number of carbonyl (C=O) groups is 2. The second kappa shape index (κ2) is 9.22. The van der Waals surface area contributed by atoms with E-state index in [9.17, 15) is 9.59 Å². The predicted molar refractivity (Wildman–Crippen MR) is 104 cm³/mol. The Kier molecular flexibility index (Phi) is 6.72. The van der Waals surface area contributed by atoms with Gasteiger partial charge in [-0.15, -0.1) is 0 Å². The molecule has 6 heteroatoms. The van der Waals surface area contributed by atoms with Crippen molar-refractivity contribution in [3.8, 4) is 5.75 Å². The summed E-state index contributed by atoms with van der Waals surface area (Å²) in [4.78, 5) is 29.0. The maximum absolute atomic E-state index is 12.7. The molecule has 2 unspecified atom stereocenters. The van der Waals surface area contributed by atoms with Crippen LogP contribution in [0.1, 0.15) is 37.7 Å². The average molecular weight is 373 g/mol. The summed E-state index contributed by atoms with van der Waals surface area (Å²) in [5.41, 5.74) is 7.15. The molecule has 148 valence electrons. The van der Waals surface area contributed by atoms with Crippen LogP contribution >= 0.6 is 0 Å². The first-order valence-corrected chi connectivity index (χ1v) is 10.0. The van der Waals surface area contributed by atoms with Crippen LogP contribution in [0.3, 0.4) is 0 Å². The molecular formula is C21H31N3O3. The Balaban J connectivity index is 1.42. The van der Waals surface area contributed by atoms with E-state index >= 15 is 0 Å². The van der Waals surface area contributed by atoms with E-state index in [0.29, 0.717) is 32.6 Å². The van der Waals surface area contributed by atoms with E-state index in [1.165, 1.54) is 0 Å². The van der Waals surface area contributed by atoms with Gasteiger partial charge in [0, 0.05) is 44.6 Å². The molecule has 1 saturated carbocycles. The standard InChI is InChI=1S/C21H31N3O3/c1-27-19-8-5-16(6-9-19)7-10-20(25)23-11-13-24(14-12-23)21(26)17-3-2-4-18(22)15-17/h5-6,8-9,17-18H,2-4,7,10-15,22H2,1H3. The van der Waals surface area contributed by atoms with Crippen LogP contribution in [-0.4, -0.2) is 60.9 Å². The van der Waals surface area contributed by atoms with Gasteiger partial charge in [-0.2, -0.15) is 0 Å². The number of hydrogen-bond donors (Lipinski definition) is 1. The number of nitrogens with zero attached hydrogens (tertiary/aromatic N) is 2. The molecule has 0 spiro atoms. The highest BCUT2D eigenvalue weighted by Gasteiger charge is 2.31. The SMILES string of the molecule is COc1ccc(CCC(=O)N2CCN(C(=O)C3CCCC(N)C3)CC2)cc1. The Morgan fingerprint density at radius 1 is 1.07 bits per heavy atom. The van der Waals surface area contributed by atoms with Crippen LogP contribution in [0.5, 0.6) is 5.75 Å². The van der Waals surface area contributed by atoms with Crippen molar-refractivity contribution < 1.29 is 14.3 Å². The fourth-order valence-corrected chi connectivity index (χ4v) is 4.09. The fraction of sp³-hybridized carbons (Fsp3) is 0.619. The first kappa shape index (κ1) is 19.7. The largest absolute Gasteiger partial charge is 0.497 e. The number of carbonyl (C=O) groups excluding carboxylic acids is 2. The summed E-state index contributed by atoms with van der Waals surface area (Å²) >= 11 is 0. The molecule has 1 heterocycles.